The average Bonchev–Trinajstić information content (AvgIpc) is 2.61. The summed E-state index contributed by atoms with van der Waals surface area (Å²) in [5.41, 5.74) is 6.82. The molecule has 1 aromatic carbocycles. The number of benzene rings is 1. The Morgan fingerprint density at radius 2 is 2.07 bits per heavy atom. The highest BCUT2D eigenvalue weighted by Gasteiger charge is 2.31. The summed E-state index contributed by atoms with van der Waals surface area (Å²) in [6, 6.07) is 5.99. The predicted molar refractivity (Wildman–Crippen MR) is 54.5 cm³/mol. The lowest BCUT2D eigenvalue weighted by molar-refractivity contribution is -0.119. The van der Waals surface area contributed by atoms with Gasteiger partial charge in [-0.05, 0) is 24.1 Å². The summed E-state index contributed by atoms with van der Waals surface area (Å²) in [5, 5.41) is 0. The van der Waals surface area contributed by atoms with Crippen LogP contribution in [0.2, 0.25) is 0 Å². The monoisotopic (exact) mass is 208 g/mol. The topological polar surface area (TPSA) is 46.3 Å². The molecule has 0 spiro atoms. The zero-order valence-corrected chi connectivity index (χ0v) is 8.27. The number of carbonyl (C=O) groups is 1. The van der Waals surface area contributed by atoms with E-state index in [2.05, 4.69) is 0 Å². The highest BCUT2D eigenvalue weighted by atomic mass is 19.1. The molecular weight excluding hydrogens is 195 g/mol. The van der Waals surface area contributed by atoms with Gasteiger partial charge in [-0.1, -0.05) is 12.1 Å². The molecular formula is C11H13FN2O. The van der Waals surface area contributed by atoms with E-state index < -0.39 is 0 Å². The first-order valence-corrected chi connectivity index (χ1v) is 4.94. The van der Waals surface area contributed by atoms with Gasteiger partial charge in [0.15, 0.2) is 0 Å². The maximum atomic E-state index is 12.7. The number of hydrogen-bond acceptors (Lipinski definition) is 2. The highest BCUT2D eigenvalue weighted by molar-refractivity contribution is 5.50. The van der Waals surface area contributed by atoms with E-state index in [9.17, 15) is 9.18 Å². The second-order valence-electron chi connectivity index (χ2n) is 3.79. The Bertz CT molecular complexity index is 352. The Balaban J connectivity index is 2.28. The Morgan fingerprint density at radius 3 is 2.67 bits per heavy atom. The molecule has 0 aliphatic carbocycles. The summed E-state index contributed by atoms with van der Waals surface area (Å²) in [6.45, 7) is 0.673. The van der Waals surface area contributed by atoms with Crippen molar-refractivity contribution in [3.8, 4) is 0 Å². The minimum atomic E-state index is -0.275. The van der Waals surface area contributed by atoms with Crippen LogP contribution in [0.3, 0.4) is 0 Å². The van der Waals surface area contributed by atoms with Crippen molar-refractivity contribution >= 4 is 6.41 Å². The molecule has 0 aromatic heterocycles. The molecule has 15 heavy (non-hydrogen) atoms. The van der Waals surface area contributed by atoms with Crippen LogP contribution in [0, 0.1) is 5.82 Å². The second-order valence-corrected chi connectivity index (χ2v) is 3.79. The van der Waals surface area contributed by atoms with E-state index in [1.165, 1.54) is 12.1 Å². The molecule has 2 atom stereocenters. The molecule has 4 heteroatoms. The third-order valence-corrected chi connectivity index (χ3v) is 2.83. The van der Waals surface area contributed by atoms with Crippen LogP contribution in [0.15, 0.2) is 24.3 Å². The molecule has 2 N–H and O–H groups in total. The van der Waals surface area contributed by atoms with Gasteiger partial charge in [0.1, 0.15) is 5.82 Å². The van der Waals surface area contributed by atoms with E-state index in [1.54, 1.807) is 17.0 Å². The van der Waals surface area contributed by atoms with Gasteiger partial charge in [-0.15, -0.1) is 0 Å². The minimum Gasteiger partial charge on any atom is -0.337 e. The summed E-state index contributed by atoms with van der Waals surface area (Å²) in [6.07, 6.45) is 1.60. The van der Waals surface area contributed by atoms with Crippen LogP contribution in [0.5, 0.6) is 0 Å². The summed E-state index contributed by atoms with van der Waals surface area (Å²) in [7, 11) is 0. The van der Waals surface area contributed by atoms with Gasteiger partial charge < -0.3 is 10.6 Å². The zero-order chi connectivity index (χ0) is 10.8. The van der Waals surface area contributed by atoms with Crippen LogP contribution in [-0.4, -0.2) is 23.9 Å². The van der Waals surface area contributed by atoms with Gasteiger partial charge in [0.25, 0.3) is 0 Å². The molecule has 0 unspecified atom stereocenters. The number of nitrogens with zero attached hydrogens (tertiary/aromatic N) is 1. The third-order valence-electron chi connectivity index (χ3n) is 2.83. The zero-order valence-electron chi connectivity index (χ0n) is 8.27. The van der Waals surface area contributed by atoms with Gasteiger partial charge in [-0.3, -0.25) is 4.79 Å². The fourth-order valence-electron chi connectivity index (χ4n) is 2.06. The maximum Gasteiger partial charge on any atom is 0.210 e. The largest absolute Gasteiger partial charge is 0.337 e. The lowest BCUT2D eigenvalue weighted by Crippen LogP contribution is -2.30. The van der Waals surface area contributed by atoms with Crippen molar-refractivity contribution in [1.82, 2.24) is 4.90 Å². The first-order chi connectivity index (χ1) is 7.22. The second kappa shape index (κ2) is 3.98. The van der Waals surface area contributed by atoms with Gasteiger partial charge in [0.2, 0.25) is 6.41 Å². The van der Waals surface area contributed by atoms with E-state index in [4.69, 9.17) is 5.73 Å². The van der Waals surface area contributed by atoms with Crippen molar-refractivity contribution in [3.63, 3.8) is 0 Å². The smallest absolute Gasteiger partial charge is 0.210 e. The van der Waals surface area contributed by atoms with Crippen LogP contribution in [0.4, 0.5) is 4.39 Å². The van der Waals surface area contributed by atoms with Crippen LogP contribution in [0.25, 0.3) is 0 Å². The number of nitrogens with two attached hydrogens (primary N) is 1. The summed E-state index contributed by atoms with van der Waals surface area (Å²) < 4.78 is 12.7. The number of carbonyl (C=O) groups excluding carboxylic acids is 1. The molecule has 1 aliphatic rings. The molecule has 1 amide bonds. The predicted octanol–water partition coefficient (Wildman–Crippen LogP) is 1.06. The number of amides is 1. The van der Waals surface area contributed by atoms with Crippen molar-refractivity contribution in [2.45, 2.75) is 18.5 Å². The van der Waals surface area contributed by atoms with Gasteiger partial charge in [-0.25, -0.2) is 4.39 Å². The van der Waals surface area contributed by atoms with Crippen molar-refractivity contribution in [2.24, 2.45) is 5.73 Å². The lowest BCUT2D eigenvalue weighted by Gasteiger charge is -2.23. The number of likely N-dealkylation sites (tertiary alicyclic amines) is 1. The minimum absolute atomic E-state index is 0.0549. The van der Waals surface area contributed by atoms with Crippen molar-refractivity contribution in [2.75, 3.05) is 6.54 Å². The molecule has 1 aromatic rings. The van der Waals surface area contributed by atoms with E-state index in [0.29, 0.717) is 6.54 Å². The molecule has 1 aliphatic heterocycles. The molecule has 1 heterocycles. The summed E-state index contributed by atoms with van der Waals surface area (Å²) >= 11 is 0. The first-order valence-electron chi connectivity index (χ1n) is 4.94. The average molecular weight is 208 g/mol. The van der Waals surface area contributed by atoms with E-state index >= 15 is 0 Å². The molecule has 1 saturated heterocycles. The van der Waals surface area contributed by atoms with Gasteiger partial charge in [0, 0.05) is 12.6 Å². The highest BCUT2D eigenvalue weighted by Crippen LogP contribution is 2.29. The van der Waals surface area contributed by atoms with E-state index in [1.807, 2.05) is 0 Å². The fourth-order valence-corrected chi connectivity index (χ4v) is 2.06. The van der Waals surface area contributed by atoms with Gasteiger partial charge in [-0.2, -0.15) is 0 Å². The van der Waals surface area contributed by atoms with Crippen LogP contribution < -0.4 is 5.73 Å². The lowest BCUT2D eigenvalue weighted by atomic mass is 10.0. The van der Waals surface area contributed by atoms with E-state index in [-0.39, 0.29) is 17.9 Å². The number of halogens is 1. The Labute approximate surface area is 87.7 Å². The molecule has 0 bridgehead atoms. The van der Waals surface area contributed by atoms with Gasteiger partial charge >= 0.3 is 0 Å². The normalized spacial score (nSPS) is 25.6. The summed E-state index contributed by atoms with van der Waals surface area (Å²) in [4.78, 5) is 12.5. The molecule has 1 fully saturated rings. The van der Waals surface area contributed by atoms with Crippen LogP contribution in [0.1, 0.15) is 18.0 Å². The SMILES string of the molecule is N[C@@H]1CCN(C=O)[C@@H]1c1ccc(F)cc1. The van der Waals surface area contributed by atoms with Gasteiger partial charge in [0.05, 0.1) is 6.04 Å². The third kappa shape index (κ3) is 1.85. The van der Waals surface area contributed by atoms with Crippen molar-refractivity contribution < 1.29 is 9.18 Å². The van der Waals surface area contributed by atoms with Crippen molar-refractivity contribution in [1.29, 1.82) is 0 Å². The number of rotatable bonds is 2. The Kier molecular flexibility index (Phi) is 2.68. The van der Waals surface area contributed by atoms with E-state index in [0.717, 1.165) is 18.4 Å². The van der Waals surface area contributed by atoms with Crippen LogP contribution >= 0.6 is 0 Å². The maximum absolute atomic E-state index is 12.7. The molecule has 2 rings (SSSR count). The molecule has 3 nitrogen and oxygen atoms in total. The van der Waals surface area contributed by atoms with Crippen molar-refractivity contribution in [3.05, 3.63) is 35.6 Å². The standard InChI is InChI=1S/C11H13FN2O/c12-9-3-1-8(2-4-9)11-10(13)5-6-14(11)7-15/h1-4,7,10-11H,5-6,13H2/t10-,11-/m1/s1. The molecule has 80 valence electrons. The fraction of sp³-hybridized carbons (Fsp3) is 0.364. The Hall–Kier alpha value is -1.42. The first kappa shape index (κ1) is 10.1. The number of hydrogen-bond donors (Lipinski definition) is 1. The Morgan fingerprint density at radius 1 is 1.40 bits per heavy atom. The molecule has 0 saturated carbocycles. The molecule has 0 radical (unpaired) electrons. The quantitative estimate of drug-likeness (QED) is 0.738. The summed E-state index contributed by atoms with van der Waals surface area (Å²) in [5.74, 6) is -0.275. The van der Waals surface area contributed by atoms with Crippen LogP contribution in [-0.2, 0) is 4.79 Å².